The first kappa shape index (κ1) is 20.5. The number of carbonyl (C=O) groups is 2. The number of hydrogen-bond donors (Lipinski definition) is 1. The van der Waals surface area contributed by atoms with E-state index in [1.165, 1.54) is 4.90 Å². The lowest BCUT2D eigenvalue weighted by Crippen LogP contribution is -2.43. The molecule has 1 saturated heterocycles. The molecule has 148 valence electrons. The SMILES string of the molecule is CC(NC(=O)C1CCN(C(=O)c2ccc(F)cc2F)CC1)c1ccccc1Br. The van der Waals surface area contributed by atoms with Crippen LogP contribution in [0.4, 0.5) is 8.78 Å². The number of halogens is 3. The van der Waals surface area contributed by atoms with Crippen LogP contribution in [-0.2, 0) is 4.79 Å². The van der Waals surface area contributed by atoms with Gasteiger partial charge in [0.15, 0.2) is 0 Å². The van der Waals surface area contributed by atoms with Crippen LogP contribution in [0.5, 0.6) is 0 Å². The molecule has 0 aliphatic carbocycles. The molecule has 0 spiro atoms. The minimum Gasteiger partial charge on any atom is -0.349 e. The van der Waals surface area contributed by atoms with Crippen molar-refractivity contribution in [3.63, 3.8) is 0 Å². The Hall–Kier alpha value is -2.28. The van der Waals surface area contributed by atoms with Gasteiger partial charge in [-0.2, -0.15) is 0 Å². The van der Waals surface area contributed by atoms with E-state index in [1.807, 2.05) is 31.2 Å². The van der Waals surface area contributed by atoms with Crippen LogP contribution in [0, 0.1) is 17.6 Å². The van der Waals surface area contributed by atoms with Gasteiger partial charge in [0.05, 0.1) is 11.6 Å². The summed E-state index contributed by atoms with van der Waals surface area (Å²) in [6.07, 6.45) is 1.01. The van der Waals surface area contributed by atoms with Crippen molar-refractivity contribution in [2.75, 3.05) is 13.1 Å². The molecule has 2 aromatic rings. The standard InChI is InChI=1S/C21H21BrF2N2O2/c1-13(16-4-2-3-5-18(16)22)25-20(27)14-8-10-26(11-9-14)21(28)17-7-6-15(23)12-19(17)24/h2-7,12-14H,8-11H2,1H3,(H,25,27). The van der Waals surface area contributed by atoms with Gasteiger partial charge >= 0.3 is 0 Å². The number of likely N-dealkylation sites (tertiary alicyclic amines) is 1. The van der Waals surface area contributed by atoms with Crippen molar-refractivity contribution >= 4 is 27.7 Å². The highest BCUT2D eigenvalue weighted by Gasteiger charge is 2.29. The fourth-order valence-electron chi connectivity index (χ4n) is 3.41. The quantitative estimate of drug-likeness (QED) is 0.747. The van der Waals surface area contributed by atoms with Crippen LogP contribution in [0.25, 0.3) is 0 Å². The van der Waals surface area contributed by atoms with E-state index in [4.69, 9.17) is 0 Å². The average Bonchev–Trinajstić information content (AvgIpc) is 2.68. The van der Waals surface area contributed by atoms with E-state index in [2.05, 4.69) is 21.2 Å². The Labute approximate surface area is 171 Å². The van der Waals surface area contributed by atoms with Gasteiger partial charge in [0.25, 0.3) is 5.91 Å². The second kappa shape index (κ2) is 8.82. The van der Waals surface area contributed by atoms with Crippen molar-refractivity contribution in [1.29, 1.82) is 0 Å². The zero-order valence-electron chi connectivity index (χ0n) is 15.4. The van der Waals surface area contributed by atoms with E-state index in [0.717, 1.165) is 22.2 Å². The molecule has 0 aromatic heterocycles. The number of benzene rings is 2. The highest BCUT2D eigenvalue weighted by molar-refractivity contribution is 9.10. The summed E-state index contributed by atoms with van der Waals surface area (Å²) in [7, 11) is 0. The molecule has 0 saturated carbocycles. The highest BCUT2D eigenvalue weighted by atomic mass is 79.9. The van der Waals surface area contributed by atoms with Crippen molar-refractivity contribution in [1.82, 2.24) is 10.2 Å². The predicted octanol–water partition coefficient (Wildman–Crippen LogP) is 4.46. The largest absolute Gasteiger partial charge is 0.349 e. The van der Waals surface area contributed by atoms with Crippen LogP contribution >= 0.6 is 15.9 Å². The molecule has 3 rings (SSSR count). The third-order valence-electron chi connectivity index (χ3n) is 5.04. The van der Waals surface area contributed by atoms with Crippen molar-refractivity contribution in [3.05, 3.63) is 69.7 Å². The van der Waals surface area contributed by atoms with Gasteiger partial charge in [0, 0.05) is 29.5 Å². The molecule has 1 unspecified atom stereocenters. The molecule has 1 N–H and O–H groups in total. The topological polar surface area (TPSA) is 49.4 Å². The van der Waals surface area contributed by atoms with E-state index in [1.54, 1.807) is 0 Å². The van der Waals surface area contributed by atoms with Gasteiger partial charge in [-0.3, -0.25) is 9.59 Å². The number of hydrogen-bond acceptors (Lipinski definition) is 2. The van der Waals surface area contributed by atoms with Crippen LogP contribution < -0.4 is 5.32 Å². The van der Waals surface area contributed by atoms with E-state index in [-0.39, 0.29) is 23.4 Å². The zero-order chi connectivity index (χ0) is 20.3. The molecule has 2 amide bonds. The van der Waals surface area contributed by atoms with Crippen LogP contribution in [0.15, 0.2) is 46.9 Å². The van der Waals surface area contributed by atoms with Gasteiger partial charge in [0.2, 0.25) is 5.91 Å². The van der Waals surface area contributed by atoms with E-state index in [0.29, 0.717) is 32.0 Å². The second-order valence-electron chi connectivity index (χ2n) is 6.94. The zero-order valence-corrected chi connectivity index (χ0v) is 17.0. The summed E-state index contributed by atoms with van der Waals surface area (Å²) in [4.78, 5) is 26.6. The molecule has 1 fully saturated rings. The minimum absolute atomic E-state index is 0.0525. The van der Waals surface area contributed by atoms with Gasteiger partial charge in [0.1, 0.15) is 11.6 Å². The number of carbonyl (C=O) groups excluding carboxylic acids is 2. The van der Waals surface area contributed by atoms with Gasteiger partial charge < -0.3 is 10.2 Å². The first-order chi connectivity index (χ1) is 13.4. The number of piperidine rings is 1. The van der Waals surface area contributed by atoms with Crippen LogP contribution in [0.1, 0.15) is 41.7 Å². The Morgan fingerprint density at radius 1 is 1.14 bits per heavy atom. The maximum absolute atomic E-state index is 13.8. The maximum atomic E-state index is 13.8. The van der Waals surface area contributed by atoms with E-state index < -0.39 is 17.5 Å². The van der Waals surface area contributed by atoms with Crippen molar-refractivity contribution < 1.29 is 18.4 Å². The fourth-order valence-corrected chi connectivity index (χ4v) is 4.04. The van der Waals surface area contributed by atoms with E-state index in [9.17, 15) is 18.4 Å². The lowest BCUT2D eigenvalue weighted by atomic mass is 9.94. The molecular formula is C21H21BrF2N2O2. The van der Waals surface area contributed by atoms with Gasteiger partial charge in [-0.05, 0) is 43.5 Å². The molecule has 1 atom stereocenters. The molecule has 7 heteroatoms. The molecule has 4 nitrogen and oxygen atoms in total. The molecule has 1 heterocycles. The Morgan fingerprint density at radius 2 is 1.82 bits per heavy atom. The average molecular weight is 451 g/mol. The summed E-state index contributed by atoms with van der Waals surface area (Å²) < 4.78 is 27.8. The van der Waals surface area contributed by atoms with Gasteiger partial charge in [-0.15, -0.1) is 0 Å². The highest BCUT2D eigenvalue weighted by Crippen LogP contribution is 2.25. The Kier molecular flexibility index (Phi) is 6.44. The molecular weight excluding hydrogens is 430 g/mol. The first-order valence-electron chi connectivity index (χ1n) is 9.16. The summed E-state index contributed by atoms with van der Waals surface area (Å²) >= 11 is 3.49. The Balaban J connectivity index is 1.56. The Bertz CT molecular complexity index is 882. The van der Waals surface area contributed by atoms with Crippen LogP contribution in [-0.4, -0.2) is 29.8 Å². The number of rotatable bonds is 4. The number of amides is 2. The maximum Gasteiger partial charge on any atom is 0.256 e. The molecule has 1 aliphatic heterocycles. The van der Waals surface area contributed by atoms with E-state index >= 15 is 0 Å². The number of nitrogens with one attached hydrogen (secondary N) is 1. The first-order valence-corrected chi connectivity index (χ1v) is 9.95. The lowest BCUT2D eigenvalue weighted by molar-refractivity contribution is -0.127. The summed E-state index contributed by atoms with van der Waals surface area (Å²) in [5.74, 6) is -2.32. The van der Waals surface area contributed by atoms with Gasteiger partial charge in [-0.25, -0.2) is 8.78 Å². The Morgan fingerprint density at radius 3 is 2.46 bits per heavy atom. The fraction of sp³-hybridized carbons (Fsp3) is 0.333. The predicted molar refractivity (Wildman–Crippen MR) is 106 cm³/mol. The van der Waals surface area contributed by atoms with Crippen LogP contribution in [0.2, 0.25) is 0 Å². The second-order valence-corrected chi connectivity index (χ2v) is 7.80. The van der Waals surface area contributed by atoms with Gasteiger partial charge in [-0.1, -0.05) is 34.1 Å². The normalized spacial score (nSPS) is 15.9. The third-order valence-corrected chi connectivity index (χ3v) is 5.77. The smallest absolute Gasteiger partial charge is 0.256 e. The van der Waals surface area contributed by atoms with Crippen LogP contribution in [0.3, 0.4) is 0 Å². The number of nitrogens with zero attached hydrogens (tertiary/aromatic N) is 1. The molecule has 2 aromatic carbocycles. The molecule has 28 heavy (non-hydrogen) atoms. The molecule has 0 bridgehead atoms. The monoisotopic (exact) mass is 450 g/mol. The van der Waals surface area contributed by atoms with Crippen molar-refractivity contribution in [2.45, 2.75) is 25.8 Å². The minimum atomic E-state index is -0.868. The third kappa shape index (κ3) is 4.58. The molecule has 1 aliphatic rings. The van der Waals surface area contributed by atoms with Crippen molar-refractivity contribution in [2.24, 2.45) is 5.92 Å². The summed E-state index contributed by atoms with van der Waals surface area (Å²) in [5, 5.41) is 3.02. The lowest BCUT2D eigenvalue weighted by Gasteiger charge is -2.32. The summed E-state index contributed by atoms with van der Waals surface area (Å²) in [5.41, 5.74) is 0.849. The van der Waals surface area contributed by atoms with Crippen molar-refractivity contribution in [3.8, 4) is 0 Å². The summed E-state index contributed by atoms with van der Waals surface area (Å²) in [6, 6.07) is 10.5. The summed E-state index contributed by atoms with van der Waals surface area (Å²) in [6.45, 7) is 2.64. The molecule has 0 radical (unpaired) electrons.